The third kappa shape index (κ3) is 7.63. The molecule has 0 heterocycles. The molecule has 0 aliphatic carbocycles. The fourth-order valence-electron chi connectivity index (χ4n) is 4.25. The summed E-state index contributed by atoms with van der Waals surface area (Å²) in [6.45, 7) is 7.29. The third-order valence-electron chi connectivity index (χ3n) is 6.83. The van der Waals surface area contributed by atoms with Crippen LogP contribution < -0.4 is 14.4 Å². The van der Waals surface area contributed by atoms with E-state index in [1.807, 2.05) is 39.8 Å². The molecule has 3 aromatic rings. The summed E-state index contributed by atoms with van der Waals surface area (Å²) in [5.41, 5.74) is 2.11. The van der Waals surface area contributed by atoms with Gasteiger partial charge in [0.1, 0.15) is 18.3 Å². The van der Waals surface area contributed by atoms with Crippen LogP contribution in [0.2, 0.25) is 0 Å². The second kappa shape index (κ2) is 14.0. The Morgan fingerprint density at radius 3 is 2.08 bits per heavy atom. The van der Waals surface area contributed by atoms with Crippen LogP contribution in [0.15, 0.2) is 83.8 Å². The fraction of sp³-hybridized carbons (Fsp3) is 0.355. The lowest BCUT2D eigenvalue weighted by Crippen LogP contribution is -2.53. The number of nitrogens with one attached hydrogen (secondary N) is 1. The highest BCUT2D eigenvalue weighted by molar-refractivity contribution is 7.92. The molecule has 2 atom stereocenters. The second-order valence-corrected chi connectivity index (χ2v) is 11.6. The average Bonchev–Trinajstić information content (AvgIpc) is 2.96. The first-order valence-electron chi connectivity index (χ1n) is 13.5. The van der Waals surface area contributed by atoms with Gasteiger partial charge in [-0.05, 0) is 68.7 Å². The molecule has 0 radical (unpaired) electrons. The number of ether oxygens (including phenoxy) is 1. The Bertz CT molecular complexity index is 1360. The molecule has 0 saturated carbocycles. The number of benzene rings is 3. The third-order valence-corrected chi connectivity index (χ3v) is 8.62. The van der Waals surface area contributed by atoms with Crippen molar-refractivity contribution in [2.24, 2.45) is 0 Å². The van der Waals surface area contributed by atoms with Gasteiger partial charge in [0, 0.05) is 12.6 Å². The second-order valence-electron chi connectivity index (χ2n) is 9.77. The van der Waals surface area contributed by atoms with E-state index in [0.29, 0.717) is 17.9 Å². The van der Waals surface area contributed by atoms with E-state index in [0.717, 1.165) is 21.9 Å². The van der Waals surface area contributed by atoms with E-state index in [1.165, 1.54) is 17.0 Å². The molecule has 0 unspecified atom stereocenters. The van der Waals surface area contributed by atoms with Crippen LogP contribution in [-0.2, 0) is 26.2 Å². The van der Waals surface area contributed by atoms with Crippen molar-refractivity contribution in [2.75, 3.05) is 18.0 Å². The van der Waals surface area contributed by atoms with E-state index in [2.05, 4.69) is 5.32 Å². The van der Waals surface area contributed by atoms with Crippen LogP contribution in [-0.4, -0.2) is 50.9 Å². The summed E-state index contributed by atoms with van der Waals surface area (Å²) in [5, 5.41) is 2.98. The number of methoxy groups -OCH3 is 1. The minimum atomic E-state index is -4.08. The maximum atomic E-state index is 14.1. The van der Waals surface area contributed by atoms with Crippen LogP contribution >= 0.6 is 0 Å². The Morgan fingerprint density at radius 2 is 1.52 bits per heavy atom. The first kappa shape index (κ1) is 30.7. The zero-order chi connectivity index (χ0) is 29.3. The van der Waals surface area contributed by atoms with Gasteiger partial charge in [0.2, 0.25) is 11.8 Å². The summed E-state index contributed by atoms with van der Waals surface area (Å²) < 4.78 is 34.0. The predicted octanol–water partition coefficient (Wildman–Crippen LogP) is 4.92. The molecule has 0 fully saturated rings. The molecular formula is C31H39N3O5S. The van der Waals surface area contributed by atoms with Crippen LogP contribution in [0.5, 0.6) is 5.75 Å². The first-order valence-corrected chi connectivity index (χ1v) is 14.9. The quantitative estimate of drug-likeness (QED) is 0.317. The predicted molar refractivity (Wildman–Crippen MR) is 158 cm³/mol. The number of carbonyl (C=O) groups is 2. The van der Waals surface area contributed by atoms with Gasteiger partial charge >= 0.3 is 0 Å². The molecule has 1 N–H and O–H groups in total. The molecule has 0 spiro atoms. The van der Waals surface area contributed by atoms with Crippen LogP contribution in [0.25, 0.3) is 0 Å². The number of hydrogen-bond acceptors (Lipinski definition) is 5. The lowest BCUT2D eigenvalue weighted by molar-refractivity contribution is -0.140. The average molecular weight is 566 g/mol. The van der Waals surface area contributed by atoms with Crippen LogP contribution in [0.1, 0.15) is 44.7 Å². The van der Waals surface area contributed by atoms with Gasteiger partial charge in [-0.2, -0.15) is 0 Å². The molecule has 0 bridgehead atoms. The molecule has 40 heavy (non-hydrogen) atoms. The Hall–Kier alpha value is -3.85. The maximum absolute atomic E-state index is 14.1. The van der Waals surface area contributed by atoms with Gasteiger partial charge in [0.05, 0.1) is 17.7 Å². The van der Waals surface area contributed by atoms with Crippen molar-refractivity contribution < 1.29 is 22.7 Å². The minimum absolute atomic E-state index is 0.0676. The van der Waals surface area contributed by atoms with Crippen molar-refractivity contribution >= 4 is 27.5 Å². The Kier molecular flexibility index (Phi) is 10.7. The largest absolute Gasteiger partial charge is 0.497 e. The van der Waals surface area contributed by atoms with Gasteiger partial charge in [0.15, 0.2) is 0 Å². The lowest BCUT2D eigenvalue weighted by atomic mass is 10.1. The molecule has 0 saturated heterocycles. The first-order chi connectivity index (χ1) is 19.1. The van der Waals surface area contributed by atoms with E-state index in [-0.39, 0.29) is 23.4 Å². The van der Waals surface area contributed by atoms with Crippen molar-refractivity contribution in [1.82, 2.24) is 10.2 Å². The molecule has 0 aromatic heterocycles. The number of sulfonamides is 1. The van der Waals surface area contributed by atoms with Gasteiger partial charge in [-0.15, -0.1) is 0 Å². The van der Waals surface area contributed by atoms with Crippen molar-refractivity contribution in [1.29, 1.82) is 0 Å². The van der Waals surface area contributed by atoms with Crippen LogP contribution in [0, 0.1) is 6.92 Å². The molecule has 3 aromatic carbocycles. The smallest absolute Gasteiger partial charge is 0.264 e. The molecule has 0 aliphatic heterocycles. The molecule has 214 valence electrons. The SMILES string of the molecule is CC[C@H](C(=O)N[C@@H](C)CC)N(Cc1ccc(OC)cc1)C(=O)CN(c1ccc(C)cc1)S(=O)(=O)c1ccccc1. The molecule has 9 heteroatoms. The number of carbonyl (C=O) groups excluding carboxylic acids is 2. The number of rotatable bonds is 13. The van der Waals surface area contributed by atoms with Crippen molar-refractivity contribution in [3.8, 4) is 5.75 Å². The number of amides is 2. The normalized spacial score (nSPS) is 12.7. The topological polar surface area (TPSA) is 96.0 Å². The Morgan fingerprint density at radius 1 is 0.900 bits per heavy atom. The molecule has 2 amide bonds. The highest BCUT2D eigenvalue weighted by Crippen LogP contribution is 2.25. The maximum Gasteiger partial charge on any atom is 0.264 e. The zero-order valence-electron chi connectivity index (χ0n) is 23.8. The van der Waals surface area contributed by atoms with E-state index in [9.17, 15) is 18.0 Å². The van der Waals surface area contributed by atoms with E-state index >= 15 is 0 Å². The molecule has 3 rings (SSSR count). The number of hydrogen-bond donors (Lipinski definition) is 1. The molecule has 0 aliphatic rings. The van der Waals surface area contributed by atoms with E-state index < -0.39 is 28.5 Å². The summed E-state index contributed by atoms with van der Waals surface area (Å²) in [7, 11) is -2.51. The Balaban J connectivity index is 2.03. The van der Waals surface area contributed by atoms with Crippen molar-refractivity contribution in [2.45, 2.75) is 64.1 Å². The number of nitrogens with zero attached hydrogens (tertiary/aromatic N) is 2. The number of aryl methyl sites for hydroxylation is 1. The summed E-state index contributed by atoms with van der Waals surface area (Å²) in [4.78, 5) is 29.0. The summed E-state index contributed by atoms with van der Waals surface area (Å²) in [5.74, 6) is -0.0868. The fourth-order valence-corrected chi connectivity index (χ4v) is 5.68. The van der Waals surface area contributed by atoms with Gasteiger partial charge in [0.25, 0.3) is 10.0 Å². The Labute approximate surface area is 238 Å². The zero-order valence-corrected chi connectivity index (χ0v) is 24.6. The van der Waals surface area contributed by atoms with Crippen molar-refractivity contribution in [3.63, 3.8) is 0 Å². The number of anilines is 1. The minimum Gasteiger partial charge on any atom is -0.497 e. The van der Waals surface area contributed by atoms with Crippen LogP contribution in [0.3, 0.4) is 0 Å². The lowest BCUT2D eigenvalue weighted by Gasteiger charge is -2.33. The molecular weight excluding hydrogens is 526 g/mol. The monoisotopic (exact) mass is 565 g/mol. The summed E-state index contributed by atoms with van der Waals surface area (Å²) >= 11 is 0. The van der Waals surface area contributed by atoms with Gasteiger partial charge in [-0.25, -0.2) is 8.42 Å². The summed E-state index contributed by atoms with van der Waals surface area (Å²) in [6.07, 6.45) is 1.10. The highest BCUT2D eigenvalue weighted by atomic mass is 32.2. The van der Waals surface area contributed by atoms with Gasteiger partial charge < -0.3 is 15.0 Å². The standard InChI is InChI=1S/C31H39N3O5S/c1-6-24(4)32-31(36)29(7-2)33(21-25-15-19-27(39-5)20-16-25)30(35)22-34(26-17-13-23(3)14-18-26)40(37,38)28-11-9-8-10-12-28/h8-20,24,29H,6-7,21-22H2,1-5H3,(H,32,36)/t24-,29+/m0/s1. The van der Waals surface area contributed by atoms with Crippen LogP contribution in [0.4, 0.5) is 5.69 Å². The van der Waals surface area contributed by atoms with E-state index in [4.69, 9.17) is 4.74 Å². The van der Waals surface area contributed by atoms with Gasteiger partial charge in [-0.1, -0.05) is 61.9 Å². The summed E-state index contributed by atoms with van der Waals surface area (Å²) in [6, 6.07) is 21.4. The highest BCUT2D eigenvalue weighted by Gasteiger charge is 2.33. The van der Waals surface area contributed by atoms with Gasteiger partial charge in [-0.3, -0.25) is 13.9 Å². The molecule has 8 nitrogen and oxygen atoms in total. The van der Waals surface area contributed by atoms with E-state index in [1.54, 1.807) is 61.7 Å². The van der Waals surface area contributed by atoms with Crippen molar-refractivity contribution in [3.05, 3.63) is 90.0 Å².